The third-order valence-corrected chi connectivity index (χ3v) is 3.81. The first-order valence-corrected chi connectivity index (χ1v) is 7.32. The molecule has 0 aromatic carbocycles. The molecule has 2 rings (SSSR count). The van der Waals surface area contributed by atoms with Crippen LogP contribution in [0.5, 0.6) is 0 Å². The Morgan fingerprint density at radius 1 is 1.55 bits per heavy atom. The van der Waals surface area contributed by atoms with E-state index in [0.29, 0.717) is 30.1 Å². The lowest BCUT2D eigenvalue weighted by atomic mass is 9.94. The van der Waals surface area contributed by atoms with Gasteiger partial charge in [-0.1, -0.05) is 5.16 Å². The number of likely N-dealkylation sites (tertiary alicyclic amines) is 1. The Balaban J connectivity index is 1.85. The van der Waals surface area contributed by atoms with Gasteiger partial charge >= 0.3 is 5.97 Å². The molecule has 0 amide bonds. The standard InChI is InChI=1S/C14H23N3O3/c1-10(2)17-7-3-4-11(9-17)8-12-15-13(20-16-12)5-6-14(18)19/h10-11H,3-9H2,1-2H3,(H,18,19). The molecule has 1 aromatic heterocycles. The van der Waals surface area contributed by atoms with E-state index in [4.69, 9.17) is 9.63 Å². The van der Waals surface area contributed by atoms with Crippen LogP contribution in [0.3, 0.4) is 0 Å². The van der Waals surface area contributed by atoms with Gasteiger partial charge in [-0.15, -0.1) is 0 Å². The fourth-order valence-corrected chi connectivity index (χ4v) is 2.68. The number of aromatic nitrogens is 2. The zero-order valence-electron chi connectivity index (χ0n) is 12.2. The smallest absolute Gasteiger partial charge is 0.303 e. The van der Waals surface area contributed by atoms with Crippen molar-refractivity contribution in [3.05, 3.63) is 11.7 Å². The molecule has 1 N–H and O–H groups in total. The highest BCUT2D eigenvalue weighted by atomic mass is 16.5. The zero-order chi connectivity index (χ0) is 14.5. The van der Waals surface area contributed by atoms with Gasteiger partial charge in [0.2, 0.25) is 5.89 Å². The van der Waals surface area contributed by atoms with Crippen LogP contribution in [0, 0.1) is 5.92 Å². The van der Waals surface area contributed by atoms with Crippen molar-refractivity contribution in [1.82, 2.24) is 15.0 Å². The molecule has 0 radical (unpaired) electrons. The molecule has 1 saturated heterocycles. The van der Waals surface area contributed by atoms with Crippen LogP contribution in [-0.4, -0.2) is 45.2 Å². The predicted octanol–water partition coefficient (Wildman–Crippen LogP) is 1.75. The average Bonchev–Trinajstić information content (AvgIpc) is 2.84. The maximum Gasteiger partial charge on any atom is 0.303 e. The van der Waals surface area contributed by atoms with Gasteiger partial charge in [0.15, 0.2) is 5.82 Å². The van der Waals surface area contributed by atoms with Crippen LogP contribution in [0.2, 0.25) is 0 Å². The molecule has 20 heavy (non-hydrogen) atoms. The highest BCUT2D eigenvalue weighted by Crippen LogP contribution is 2.21. The van der Waals surface area contributed by atoms with Crippen molar-refractivity contribution in [2.75, 3.05) is 13.1 Å². The van der Waals surface area contributed by atoms with Gasteiger partial charge < -0.3 is 14.5 Å². The zero-order valence-corrected chi connectivity index (χ0v) is 12.2. The number of carboxylic acids is 1. The van der Waals surface area contributed by atoms with Crippen LogP contribution in [0.15, 0.2) is 4.52 Å². The minimum absolute atomic E-state index is 0.0339. The molecule has 1 aliphatic rings. The van der Waals surface area contributed by atoms with Gasteiger partial charge in [0.05, 0.1) is 6.42 Å². The summed E-state index contributed by atoms with van der Waals surface area (Å²) in [5.74, 6) is 0.862. The molecule has 0 spiro atoms. The first-order valence-electron chi connectivity index (χ1n) is 7.32. The van der Waals surface area contributed by atoms with Crippen molar-refractivity contribution in [3.63, 3.8) is 0 Å². The SMILES string of the molecule is CC(C)N1CCCC(Cc2noc(CCC(=O)O)n2)C1. The summed E-state index contributed by atoms with van der Waals surface area (Å²) < 4.78 is 5.09. The third-order valence-electron chi connectivity index (χ3n) is 3.81. The number of aliphatic carboxylic acids is 1. The number of hydrogen-bond donors (Lipinski definition) is 1. The van der Waals surface area contributed by atoms with Gasteiger partial charge in [0.1, 0.15) is 0 Å². The molecule has 1 atom stereocenters. The van der Waals surface area contributed by atoms with Gasteiger partial charge in [0.25, 0.3) is 0 Å². The van der Waals surface area contributed by atoms with Crippen LogP contribution in [0.25, 0.3) is 0 Å². The van der Waals surface area contributed by atoms with E-state index in [2.05, 4.69) is 28.9 Å². The second-order valence-electron chi connectivity index (χ2n) is 5.80. The summed E-state index contributed by atoms with van der Waals surface area (Å²) in [6.07, 6.45) is 3.58. The van der Waals surface area contributed by atoms with E-state index in [9.17, 15) is 4.79 Å². The number of nitrogens with zero attached hydrogens (tertiary/aromatic N) is 3. The topological polar surface area (TPSA) is 79.5 Å². The Morgan fingerprint density at radius 2 is 2.35 bits per heavy atom. The van der Waals surface area contributed by atoms with Crippen molar-refractivity contribution >= 4 is 5.97 Å². The molecule has 2 heterocycles. The first-order chi connectivity index (χ1) is 9.54. The molecule has 1 unspecified atom stereocenters. The summed E-state index contributed by atoms with van der Waals surface area (Å²) in [4.78, 5) is 17.3. The van der Waals surface area contributed by atoms with Crippen LogP contribution in [0.4, 0.5) is 0 Å². The maximum atomic E-state index is 10.5. The van der Waals surface area contributed by atoms with E-state index in [0.717, 1.165) is 13.0 Å². The quantitative estimate of drug-likeness (QED) is 0.855. The molecular formula is C14H23N3O3. The minimum Gasteiger partial charge on any atom is -0.481 e. The fraction of sp³-hybridized carbons (Fsp3) is 0.786. The van der Waals surface area contributed by atoms with Crippen molar-refractivity contribution in [3.8, 4) is 0 Å². The molecular weight excluding hydrogens is 258 g/mol. The lowest BCUT2D eigenvalue weighted by Gasteiger charge is -2.35. The van der Waals surface area contributed by atoms with Gasteiger partial charge in [-0.2, -0.15) is 4.98 Å². The summed E-state index contributed by atoms with van der Waals surface area (Å²) in [5.41, 5.74) is 0. The van der Waals surface area contributed by atoms with Crippen LogP contribution < -0.4 is 0 Å². The van der Waals surface area contributed by atoms with Crippen molar-refractivity contribution in [2.45, 2.75) is 52.0 Å². The Bertz CT molecular complexity index is 445. The van der Waals surface area contributed by atoms with Crippen molar-refractivity contribution in [1.29, 1.82) is 0 Å². The van der Waals surface area contributed by atoms with E-state index < -0.39 is 5.97 Å². The number of aryl methyl sites for hydroxylation is 1. The second-order valence-corrected chi connectivity index (χ2v) is 5.80. The molecule has 6 heteroatoms. The van der Waals surface area contributed by atoms with Gasteiger partial charge in [-0.3, -0.25) is 4.79 Å². The molecule has 1 aromatic rings. The van der Waals surface area contributed by atoms with E-state index in [1.165, 1.54) is 19.4 Å². The average molecular weight is 281 g/mol. The molecule has 1 aliphatic heterocycles. The van der Waals surface area contributed by atoms with Crippen molar-refractivity contribution < 1.29 is 14.4 Å². The second kappa shape index (κ2) is 6.83. The Kier molecular flexibility index (Phi) is 5.11. The summed E-state index contributed by atoms with van der Waals surface area (Å²) in [5, 5.41) is 12.6. The highest BCUT2D eigenvalue weighted by Gasteiger charge is 2.23. The molecule has 0 saturated carbocycles. The molecule has 112 valence electrons. The monoisotopic (exact) mass is 281 g/mol. The van der Waals surface area contributed by atoms with Crippen molar-refractivity contribution in [2.24, 2.45) is 5.92 Å². The highest BCUT2D eigenvalue weighted by molar-refractivity contribution is 5.66. The maximum absolute atomic E-state index is 10.5. The minimum atomic E-state index is -0.843. The molecule has 6 nitrogen and oxygen atoms in total. The lowest BCUT2D eigenvalue weighted by molar-refractivity contribution is -0.137. The van der Waals surface area contributed by atoms with Crippen LogP contribution in [-0.2, 0) is 17.6 Å². The number of rotatable bonds is 6. The first kappa shape index (κ1) is 15.0. The van der Waals surface area contributed by atoms with Gasteiger partial charge in [-0.05, 0) is 39.2 Å². The number of hydrogen-bond acceptors (Lipinski definition) is 5. The summed E-state index contributed by atoms with van der Waals surface area (Å²) in [7, 11) is 0. The lowest BCUT2D eigenvalue weighted by Crippen LogP contribution is -2.40. The third kappa shape index (κ3) is 4.30. The van der Waals surface area contributed by atoms with Crippen LogP contribution in [0.1, 0.15) is 44.8 Å². The Hall–Kier alpha value is -1.43. The number of piperidine rings is 1. The number of carbonyl (C=O) groups is 1. The van der Waals surface area contributed by atoms with E-state index in [1.807, 2.05) is 0 Å². The largest absolute Gasteiger partial charge is 0.481 e. The summed E-state index contributed by atoms with van der Waals surface area (Å²) in [6.45, 7) is 6.70. The van der Waals surface area contributed by atoms with E-state index >= 15 is 0 Å². The predicted molar refractivity (Wildman–Crippen MR) is 73.4 cm³/mol. The number of carboxylic acid groups (broad SMARTS) is 1. The molecule has 0 aliphatic carbocycles. The van der Waals surface area contributed by atoms with Gasteiger partial charge in [0, 0.05) is 25.4 Å². The normalized spacial score (nSPS) is 20.4. The summed E-state index contributed by atoms with van der Waals surface area (Å²) >= 11 is 0. The Labute approximate surface area is 119 Å². The molecule has 0 bridgehead atoms. The van der Waals surface area contributed by atoms with E-state index in [1.54, 1.807) is 0 Å². The summed E-state index contributed by atoms with van der Waals surface area (Å²) in [6, 6.07) is 0.578. The molecule has 1 fully saturated rings. The van der Waals surface area contributed by atoms with E-state index in [-0.39, 0.29) is 6.42 Å². The van der Waals surface area contributed by atoms with Gasteiger partial charge in [-0.25, -0.2) is 0 Å². The van der Waals surface area contributed by atoms with Crippen LogP contribution >= 0.6 is 0 Å². The fourth-order valence-electron chi connectivity index (χ4n) is 2.68. The Morgan fingerprint density at radius 3 is 3.05 bits per heavy atom.